The van der Waals surface area contributed by atoms with Crippen molar-refractivity contribution < 1.29 is 23.9 Å². The van der Waals surface area contributed by atoms with Crippen LogP contribution < -0.4 is 4.90 Å². The number of morpholine rings is 1. The van der Waals surface area contributed by atoms with Crippen LogP contribution in [0.1, 0.15) is 20.8 Å². The SMILES string of the molecule is CC(C)(C)OC(=O)N1CCOCC1C(=O)N(CC=O)c1ccc(Br)cc1. The Labute approximate surface area is 161 Å². The summed E-state index contributed by atoms with van der Waals surface area (Å²) in [4.78, 5) is 39.4. The van der Waals surface area contributed by atoms with Crippen LogP contribution in [0.15, 0.2) is 28.7 Å². The lowest BCUT2D eigenvalue weighted by Crippen LogP contribution is -2.58. The van der Waals surface area contributed by atoms with Gasteiger partial charge >= 0.3 is 6.09 Å². The highest BCUT2D eigenvalue weighted by Crippen LogP contribution is 2.22. The average molecular weight is 427 g/mol. The van der Waals surface area contributed by atoms with E-state index in [1.165, 1.54) is 9.80 Å². The van der Waals surface area contributed by atoms with E-state index in [4.69, 9.17) is 9.47 Å². The van der Waals surface area contributed by atoms with Crippen LogP contribution in [0.2, 0.25) is 0 Å². The van der Waals surface area contributed by atoms with E-state index in [0.717, 1.165) is 4.47 Å². The molecule has 1 saturated heterocycles. The first-order valence-corrected chi connectivity index (χ1v) is 9.10. The van der Waals surface area contributed by atoms with Crippen molar-refractivity contribution in [1.82, 2.24) is 4.90 Å². The third-order valence-electron chi connectivity index (χ3n) is 3.70. The van der Waals surface area contributed by atoms with Crippen molar-refractivity contribution in [1.29, 1.82) is 0 Å². The zero-order valence-electron chi connectivity index (χ0n) is 15.1. The number of halogens is 1. The Balaban J connectivity index is 2.25. The summed E-state index contributed by atoms with van der Waals surface area (Å²) in [5.41, 5.74) is -0.100. The molecule has 1 aromatic rings. The maximum Gasteiger partial charge on any atom is 0.411 e. The average Bonchev–Trinajstić information content (AvgIpc) is 2.58. The normalized spacial score (nSPS) is 17.5. The van der Waals surface area contributed by atoms with Gasteiger partial charge in [-0.3, -0.25) is 9.69 Å². The number of rotatable bonds is 4. The van der Waals surface area contributed by atoms with Crippen molar-refractivity contribution in [3.8, 4) is 0 Å². The van der Waals surface area contributed by atoms with Crippen LogP contribution >= 0.6 is 15.9 Å². The largest absolute Gasteiger partial charge is 0.444 e. The quantitative estimate of drug-likeness (QED) is 0.691. The number of amides is 2. The van der Waals surface area contributed by atoms with E-state index in [1.807, 2.05) is 0 Å². The van der Waals surface area contributed by atoms with Gasteiger partial charge in [-0.1, -0.05) is 15.9 Å². The van der Waals surface area contributed by atoms with Crippen molar-refractivity contribution in [3.63, 3.8) is 0 Å². The number of nitrogens with zero attached hydrogens (tertiary/aromatic N) is 2. The second-order valence-corrected chi connectivity index (χ2v) is 7.77. The molecule has 0 aromatic heterocycles. The molecule has 0 N–H and O–H groups in total. The summed E-state index contributed by atoms with van der Waals surface area (Å²) in [5.74, 6) is -0.384. The van der Waals surface area contributed by atoms with Crippen LogP contribution in [0.4, 0.5) is 10.5 Å². The number of anilines is 1. The van der Waals surface area contributed by atoms with Gasteiger partial charge in [0.25, 0.3) is 5.91 Å². The lowest BCUT2D eigenvalue weighted by atomic mass is 10.1. The van der Waals surface area contributed by atoms with E-state index < -0.39 is 17.7 Å². The monoisotopic (exact) mass is 426 g/mol. The van der Waals surface area contributed by atoms with Gasteiger partial charge in [0, 0.05) is 16.7 Å². The standard InChI is InChI=1S/C18H23BrN2O5/c1-18(2,3)26-17(24)21-9-11-25-12-15(21)16(23)20(8-10-22)14-6-4-13(19)5-7-14/h4-7,10,15H,8-9,11-12H2,1-3H3. The predicted octanol–water partition coefficient (Wildman–Crippen LogP) is 2.62. The fourth-order valence-corrected chi connectivity index (χ4v) is 2.81. The summed E-state index contributed by atoms with van der Waals surface area (Å²) in [6, 6.07) is 6.18. The molecule has 1 aliphatic rings. The molecule has 7 nitrogen and oxygen atoms in total. The topological polar surface area (TPSA) is 76.2 Å². The smallest absolute Gasteiger partial charge is 0.411 e. The molecule has 0 bridgehead atoms. The number of aldehydes is 1. The molecule has 142 valence electrons. The molecule has 1 heterocycles. The van der Waals surface area contributed by atoms with Crippen molar-refractivity contribution in [3.05, 3.63) is 28.7 Å². The van der Waals surface area contributed by atoms with Gasteiger partial charge in [0.15, 0.2) is 0 Å². The van der Waals surface area contributed by atoms with Gasteiger partial charge in [-0.25, -0.2) is 4.79 Å². The molecule has 2 rings (SSSR count). The van der Waals surface area contributed by atoms with Crippen molar-refractivity contribution in [2.24, 2.45) is 0 Å². The summed E-state index contributed by atoms with van der Waals surface area (Å²) in [6.07, 6.45) is 0.0857. The Morgan fingerprint density at radius 3 is 2.58 bits per heavy atom. The van der Waals surface area contributed by atoms with Gasteiger partial charge in [0.1, 0.15) is 17.9 Å². The van der Waals surface area contributed by atoms with Gasteiger partial charge in [-0.15, -0.1) is 0 Å². The Hall–Kier alpha value is -1.93. The van der Waals surface area contributed by atoms with Crippen LogP contribution in [0.5, 0.6) is 0 Å². The van der Waals surface area contributed by atoms with Crippen LogP contribution in [0.3, 0.4) is 0 Å². The third kappa shape index (κ3) is 5.28. The second-order valence-electron chi connectivity index (χ2n) is 6.86. The molecule has 0 saturated carbocycles. The van der Waals surface area contributed by atoms with Gasteiger partial charge in [-0.05, 0) is 45.0 Å². The fourth-order valence-electron chi connectivity index (χ4n) is 2.55. The minimum Gasteiger partial charge on any atom is -0.444 e. The molecule has 1 aliphatic heterocycles. The highest BCUT2D eigenvalue weighted by Gasteiger charge is 2.38. The molecular formula is C18H23BrN2O5. The van der Waals surface area contributed by atoms with Gasteiger partial charge in [0.05, 0.1) is 19.8 Å². The molecule has 0 aliphatic carbocycles. The summed E-state index contributed by atoms with van der Waals surface area (Å²) >= 11 is 3.34. The van der Waals surface area contributed by atoms with Gasteiger partial charge in [0.2, 0.25) is 0 Å². The first-order valence-electron chi connectivity index (χ1n) is 8.31. The van der Waals surface area contributed by atoms with E-state index in [9.17, 15) is 14.4 Å². The number of carbonyl (C=O) groups is 3. The minimum atomic E-state index is -0.845. The first-order chi connectivity index (χ1) is 12.2. The third-order valence-corrected chi connectivity index (χ3v) is 4.23. The molecule has 2 amide bonds. The number of carbonyl (C=O) groups excluding carboxylic acids is 3. The van der Waals surface area contributed by atoms with E-state index in [1.54, 1.807) is 45.0 Å². The number of benzene rings is 1. The zero-order valence-corrected chi connectivity index (χ0v) is 16.7. The molecule has 1 unspecified atom stereocenters. The van der Waals surface area contributed by atoms with Crippen molar-refractivity contribution in [2.45, 2.75) is 32.4 Å². The van der Waals surface area contributed by atoms with Crippen molar-refractivity contribution >= 4 is 39.9 Å². The molecule has 0 radical (unpaired) electrons. The van der Waals surface area contributed by atoms with Crippen LogP contribution in [-0.4, -0.2) is 61.1 Å². The Kier molecular flexibility index (Phi) is 6.77. The lowest BCUT2D eigenvalue weighted by Gasteiger charge is -2.37. The van der Waals surface area contributed by atoms with Gasteiger partial charge < -0.3 is 19.2 Å². The Morgan fingerprint density at radius 2 is 2.00 bits per heavy atom. The molecular weight excluding hydrogens is 404 g/mol. The van der Waals surface area contributed by atoms with E-state index in [-0.39, 0.29) is 25.6 Å². The minimum absolute atomic E-state index is 0.0595. The van der Waals surface area contributed by atoms with Crippen molar-refractivity contribution in [2.75, 3.05) is 31.2 Å². The van der Waals surface area contributed by atoms with E-state index in [0.29, 0.717) is 18.6 Å². The first kappa shape index (κ1) is 20.4. The highest BCUT2D eigenvalue weighted by atomic mass is 79.9. The van der Waals surface area contributed by atoms with Crippen LogP contribution in [0, 0.1) is 0 Å². The van der Waals surface area contributed by atoms with E-state index in [2.05, 4.69) is 15.9 Å². The summed E-state index contributed by atoms with van der Waals surface area (Å²) < 4.78 is 11.7. The molecule has 1 aromatic carbocycles. The Morgan fingerprint density at radius 1 is 1.35 bits per heavy atom. The van der Waals surface area contributed by atoms with Crippen LogP contribution in [-0.2, 0) is 19.1 Å². The van der Waals surface area contributed by atoms with E-state index >= 15 is 0 Å². The molecule has 26 heavy (non-hydrogen) atoms. The van der Waals surface area contributed by atoms with Gasteiger partial charge in [-0.2, -0.15) is 0 Å². The summed E-state index contributed by atoms with van der Waals surface area (Å²) in [7, 11) is 0. The molecule has 1 atom stereocenters. The molecule has 0 spiro atoms. The number of ether oxygens (including phenoxy) is 2. The fraction of sp³-hybridized carbons (Fsp3) is 0.500. The lowest BCUT2D eigenvalue weighted by molar-refractivity contribution is -0.130. The zero-order chi connectivity index (χ0) is 19.3. The molecule has 8 heteroatoms. The highest BCUT2D eigenvalue weighted by molar-refractivity contribution is 9.10. The summed E-state index contributed by atoms with van der Waals surface area (Å²) in [5, 5.41) is 0. The summed E-state index contributed by atoms with van der Waals surface area (Å²) in [6.45, 7) is 5.83. The maximum absolute atomic E-state index is 13.1. The molecule has 1 fully saturated rings. The number of hydrogen-bond acceptors (Lipinski definition) is 5. The second kappa shape index (κ2) is 8.64. The predicted molar refractivity (Wildman–Crippen MR) is 100 cm³/mol. The number of hydrogen-bond donors (Lipinski definition) is 0. The van der Waals surface area contributed by atoms with Crippen LogP contribution in [0.25, 0.3) is 0 Å². The maximum atomic E-state index is 13.1. The Bertz CT molecular complexity index is 657.